The second-order valence-electron chi connectivity index (χ2n) is 3.76. The van der Waals surface area contributed by atoms with Crippen LogP contribution in [0.2, 0.25) is 0 Å². The lowest BCUT2D eigenvalue weighted by Crippen LogP contribution is -2.18. The van der Waals surface area contributed by atoms with Crippen molar-refractivity contribution in [3.63, 3.8) is 0 Å². The first kappa shape index (κ1) is 10.2. The number of hydrogen-bond donors (Lipinski definition) is 1. The van der Waals surface area contributed by atoms with E-state index in [1.54, 1.807) is 0 Å². The van der Waals surface area contributed by atoms with Crippen molar-refractivity contribution in [2.24, 2.45) is 5.92 Å². The van der Waals surface area contributed by atoms with Crippen molar-refractivity contribution in [3.05, 3.63) is 30.1 Å². The first-order valence-corrected chi connectivity index (χ1v) is 4.81. The Morgan fingerprint density at radius 2 is 2.23 bits per heavy atom. The van der Waals surface area contributed by atoms with Crippen molar-refractivity contribution >= 4 is 0 Å². The first-order valence-electron chi connectivity index (χ1n) is 4.81. The number of hydrogen-bond acceptors (Lipinski definition) is 2. The van der Waals surface area contributed by atoms with E-state index in [9.17, 15) is 0 Å². The normalized spacial score (nSPS) is 13.2. The van der Waals surface area contributed by atoms with Crippen LogP contribution in [0.4, 0.5) is 0 Å². The van der Waals surface area contributed by atoms with E-state index < -0.39 is 0 Å². The van der Waals surface area contributed by atoms with Crippen LogP contribution in [0.1, 0.15) is 31.9 Å². The molecule has 1 atom stereocenters. The van der Waals surface area contributed by atoms with E-state index in [2.05, 4.69) is 30.2 Å². The fourth-order valence-corrected chi connectivity index (χ4v) is 1.47. The maximum absolute atomic E-state index is 4.12. The molecule has 1 unspecified atom stereocenters. The third-order valence-corrected chi connectivity index (χ3v) is 2.14. The molecule has 1 aromatic heterocycles. The van der Waals surface area contributed by atoms with Gasteiger partial charge in [-0.15, -0.1) is 0 Å². The van der Waals surface area contributed by atoms with Crippen LogP contribution < -0.4 is 5.32 Å². The monoisotopic (exact) mass is 178 g/mol. The highest BCUT2D eigenvalue weighted by atomic mass is 14.9. The third-order valence-electron chi connectivity index (χ3n) is 2.14. The Morgan fingerprint density at radius 1 is 1.46 bits per heavy atom. The summed E-state index contributed by atoms with van der Waals surface area (Å²) < 4.78 is 0. The van der Waals surface area contributed by atoms with Crippen molar-refractivity contribution in [1.82, 2.24) is 10.3 Å². The van der Waals surface area contributed by atoms with Crippen LogP contribution in [-0.4, -0.2) is 12.0 Å². The molecule has 13 heavy (non-hydrogen) atoms. The van der Waals surface area contributed by atoms with Gasteiger partial charge in [0.15, 0.2) is 0 Å². The van der Waals surface area contributed by atoms with E-state index in [-0.39, 0.29) is 0 Å². The minimum Gasteiger partial charge on any atom is -0.313 e. The van der Waals surface area contributed by atoms with E-state index >= 15 is 0 Å². The summed E-state index contributed by atoms with van der Waals surface area (Å²) >= 11 is 0. The summed E-state index contributed by atoms with van der Waals surface area (Å²) in [6.45, 7) is 4.47. The topological polar surface area (TPSA) is 24.9 Å². The second kappa shape index (κ2) is 4.97. The van der Waals surface area contributed by atoms with E-state index in [1.807, 2.05) is 25.5 Å². The molecule has 0 spiro atoms. The highest BCUT2D eigenvalue weighted by Crippen LogP contribution is 2.19. The summed E-state index contributed by atoms with van der Waals surface area (Å²) in [5.74, 6) is 0.706. The quantitative estimate of drug-likeness (QED) is 0.765. The maximum atomic E-state index is 4.12. The van der Waals surface area contributed by atoms with E-state index in [1.165, 1.54) is 5.56 Å². The Bertz CT molecular complexity index is 231. The molecule has 0 aromatic carbocycles. The van der Waals surface area contributed by atoms with Gasteiger partial charge in [-0.25, -0.2) is 0 Å². The molecule has 1 heterocycles. The zero-order valence-electron chi connectivity index (χ0n) is 8.62. The highest BCUT2D eigenvalue weighted by Gasteiger charge is 2.10. The van der Waals surface area contributed by atoms with Gasteiger partial charge in [0.1, 0.15) is 0 Å². The van der Waals surface area contributed by atoms with Gasteiger partial charge in [-0.1, -0.05) is 19.9 Å². The molecule has 2 nitrogen and oxygen atoms in total. The van der Waals surface area contributed by atoms with Gasteiger partial charge in [-0.05, 0) is 31.0 Å². The molecule has 0 aliphatic heterocycles. The third kappa shape index (κ3) is 3.15. The Labute approximate surface area is 80.4 Å². The average molecular weight is 178 g/mol. The number of nitrogens with zero attached hydrogens (tertiary/aromatic N) is 1. The van der Waals surface area contributed by atoms with Gasteiger partial charge in [0, 0.05) is 18.4 Å². The lowest BCUT2D eigenvalue weighted by atomic mass is 9.98. The molecule has 0 bridgehead atoms. The number of pyridine rings is 1. The Hall–Kier alpha value is -0.890. The van der Waals surface area contributed by atoms with Gasteiger partial charge >= 0.3 is 0 Å². The fourth-order valence-electron chi connectivity index (χ4n) is 1.47. The maximum Gasteiger partial charge on any atom is 0.0335 e. The molecule has 1 N–H and O–H groups in total. The van der Waals surface area contributed by atoms with Crippen LogP contribution in [0.25, 0.3) is 0 Å². The largest absolute Gasteiger partial charge is 0.313 e. The summed E-state index contributed by atoms with van der Waals surface area (Å²) in [4.78, 5) is 4.12. The number of nitrogens with one attached hydrogen (secondary N) is 1. The standard InChI is InChI=1S/C11H18N2/c1-9(2)7-11(12-3)10-5-4-6-13-8-10/h4-6,8-9,11-12H,7H2,1-3H3. The zero-order valence-corrected chi connectivity index (χ0v) is 8.62. The van der Waals surface area contributed by atoms with Gasteiger partial charge in [0.05, 0.1) is 0 Å². The summed E-state index contributed by atoms with van der Waals surface area (Å²) in [5.41, 5.74) is 1.28. The van der Waals surface area contributed by atoms with Crippen molar-refractivity contribution < 1.29 is 0 Å². The molecule has 0 aliphatic rings. The first-order chi connectivity index (χ1) is 6.24. The molecular formula is C11H18N2. The van der Waals surface area contributed by atoms with Crippen LogP contribution in [0, 0.1) is 5.92 Å². The molecule has 0 aliphatic carbocycles. The molecule has 0 amide bonds. The molecule has 2 heteroatoms. The molecule has 0 radical (unpaired) electrons. The summed E-state index contributed by atoms with van der Waals surface area (Å²) in [5, 5.41) is 3.31. The second-order valence-corrected chi connectivity index (χ2v) is 3.76. The Balaban J connectivity index is 2.67. The van der Waals surface area contributed by atoms with Crippen LogP contribution in [-0.2, 0) is 0 Å². The zero-order chi connectivity index (χ0) is 9.68. The van der Waals surface area contributed by atoms with E-state index in [0.717, 1.165) is 6.42 Å². The van der Waals surface area contributed by atoms with Crippen molar-refractivity contribution in [1.29, 1.82) is 0 Å². The summed E-state index contributed by atoms with van der Waals surface area (Å²) in [7, 11) is 2.00. The summed E-state index contributed by atoms with van der Waals surface area (Å²) in [6, 6.07) is 4.55. The molecule has 1 aromatic rings. The van der Waals surface area contributed by atoms with Crippen LogP contribution in [0.5, 0.6) is 0 Å². The molecule has 1 rings (SSSR count). The lowest BCUT2D eigenvalue weighted by Gasteiger charge is -2.18. The molecule has 0 fully saturated rings. The van der Waals surface area contributed by atoms with Crippen LogP contribution in [0.15, 0.2) is 24.5 Å². The van der Waals surface area contributed by atoms with Crippen molar-refractivity contribution in [2.45, 2.75) is 26.3 Å². The van der Waals surface area contributed by atoms with Crippen molar-refractivity contribution in [2.75, 3.05) is 7.05 Å². The number of aromatic nitrogens is 1. The highest BCUT2D eigenvalue weighted by molar-refractivity contribution is 5.13. The van der Waals surface area contributed by atoms with E-state index in [4.69, 9.17) is 0 Å². The van der Waals surface area contributed by atoms with Crippen LogP contribution in [0.3, 0.4) is 0 Å². The van der Waals surface area contributed by atoms with Gasteiger partial charge in [0.25, 0.3) is 0 Å². The predicted molar refractivity (Wildman–Crippen MR) is 55.5 cm³/mol. The Morgan fingerprint density at radius 3 is 2.69 bits per heavy atom. The molecule has 0 saturated heterocycles. The number of rotatable bonds is 4. The fraction of sp³-hybridized carbons (Fsp3) is 0.545. The summed E-state index contributed by atoms with van der Waals surface area (Å²) in [6.07, 6.45) is 4.90. The Kier molecular flexibility index (Phi) is 3.90. The predicted octanol–water partition coefficient (Wildman–Crippen LogP) is 2.39. The van der Waals surface area contributed by atoms with Gasteiger partial charge in [-0.3, -0.25) is 4.98 Å². The minimum atomic E-state index is 0.439. The van der Waals surface area contributed by atoms with Gasteiger partial charge in [-0.2, -0.15) is 0 Å². The van der Waals surface area contributed by atoms with Crippen LogP contribution >= 0.6 is 0 Å². The molecular weight excluding hydrogens is 160 g/mol. The van der Waals surface area contributed by atoms with Gasteiger partial charge in [0.2, 0.25) is 0 Å². The van der Waals surface area contributed by atoms with Crippen molar-refractivity contribution in [3.8, 4) is 0 Å². The SMILES string of the molecule is CNC(CC(C)C)c1cccnc1. The average Bonchev–Trinajstić information content (AvgIpc) is 2.15. The molecule has 72 valence electrons. The smallest absolute Gasteiger partial charge is 0.0335 e. The minimum absolute atomic E-state index is 0.439. The molecule has 0 saturated carbocycles. The lowest BCUT2D eigenvalue weighted by molar-refractivity contribution is 0.456. The van der Waals surface area contributed by atoms with E-state index in [0.29, 0.717) is 12.0 Å². The van der Waals surface area contributed by atoms with Gasteiger partial charge < -0.3 is 5.32 Å².